The van der Waals surface area contributed by atoms with Crippen molar-refractivity contribution in [3.63, 3.8) is 0 Å². The van der Waals surface area contributed by atoms with Crippen molar-refractivity contribution in [1.82, 2.24) is 0 Å². The lowest BCUT2D eigenvalue weighted by molar-refractivity contribution is 0.557. The fourth-order valence-electron chi connectivity index (χ4n) is 2.70. The van der Waals surface area contributed by atoms with Gasteiger partial charge in [0.15, 0.2) is 6.03 Å². The number of aryl methyl sites for hydroxylation is 2. The van der Waals surface area contributed by atoms with E-state index in [-0.39, 0.29) is 0 Å². The van der Waals surface area contributed by atoms with Crippen molar-refractivity contribution in [3.8, 4) is 0 Å². The molecule has 0 aromatic heterocycles. The summed E-state index contributed by atoms with van der Waals surface area (Å²) in [5.41, 5.74) is 3.81. The van der Waals surface area contributed by atoms with Crippen molar-refractivity contribution in [2.45, 2.75) is 13.8 Å². The second-order valence-electron chi connectivity index (χ2n) is 6.06. The zero-order chi connectivity index (χ0) is 19.0. The summed E-state index contributed by atoms with van der Waals surface area (Å²) >= 11 is 0. The average Bonchev–Trinajstić information content (AvgIpc) is 2.68. The minimum atomic E-state index is -3.09. The first-order valence-electron chi connectivity index (χ1n) is 8.37. The number of hydrogen-bond acceptors (Lipinski definition) is 2. The molecular weight excluding hydrogens is 339 g/mol. The Hall–Kier alpha value is -2.70. The summed E-state index contributed by atoms with van der Waals surface area (Å²) in [6.07, 6.45) is 1.88. The van der Waals surface area contributed by atoms with E-state index in [0.29, 0.717) is 16.6 Å². The molecule has 26 heavy (non-hydrogen) atoms. The molecule has 0 aliphatic rings. The molecule has 0 N–H and O–H groups in total. The highest BCUT2D eigenvalue weighted by molar-refractivity contribution is 7.91. The largest absolute Gasteiger partial charge is 0.306 e. The SMILES string of the molecule is C=Cc1cc(C)cc(C)c1.O=CP(=O)(c1ccccc1)c1ccccc1. The lowest BCUT2D eigenvalue weighted by Crippen LogP contribution is -2.16. The molecule has 2 nitrogen and oxygen atoms in total. The molecule has 0 unspecified atom stereocenters. The molecule has 0 saturated heterocycles. The lowest BCUT2D eigenvalue weighted by atomic mass is 10.1. The molecule has 3 heteroatoms. The third kappa shape index (κ3) is 4.91. The van der Waals surface area contributed by atoms with Crippen LogP contribution >= 0.6 is 7.14 Å². The maximum Gasteiger partial charge on any atom is 0.201 e. The van der Waals surface area contributed by atoms with E-state index in [1.165, 1.54) is 16.7 Å². The van der Waals surface area contributed by atoms with Gasteiger partial charge in [0.05, 0.1) is 0 Å². The summed E-state index contributed by atoms with van der Waals surface area (Å²) < 4.78 is 12.6. The number of carbonyl (C=O) groups excluding carboxylic acids is 1. The molecule has 0 fully saturated rings. The van der Waals surface area contributed by atoms with Crippen molar-refractivity contribution < 1.29 is 9.36 Å². The Bertz CT molecular complexity index is 852. The molecule has 3 aromatic rings. The lowest BCUT2D eigenvalue weighted by Gasteiger charge is -2.11. The standard InChI is InChI=1S/C13H11O2P.C10H12/c14-11-16(15,12-7-3-1-4-8-12)13-9-5-2-6-10-13;1-4-10-6-8(2)5-9(3)7-10/h1-11H;4-7H,1H2,2-3H3. The van der Waals surface area contributed by atoms with Gasteiger partial charge in [0, 0.05) is 10.6 Å². The second-order valence-corrected chi connectivity index (χ2v) is 8.62. The zero-order valence-electron chi connectivity index (χ0n) is 15.1. The third-order valence-corrected chi connectivity index (χ3v) is 6.34. The number of hydrogen-bond donors (Lipinski definition) is 0. The topological polar surface area (TPSA) is 34.1 Å². The first kappa shape index (κ1) is 19.6. The van der Waals surface area contributed by atoms with Gasteiger partial charge in [0.25, 0.3) is 0 Å². The molecule has 3 aromatic carbocycles. The number of carbonyl (C=O) groups is 1. The van der Waals surface area contributed by atoms with Crippen LogP contribution in [0.3, 0.4) is 0 Å². The third-order valence-electron chi connectivity index (χ3n) is 3.91. The minimum absolute atomic E-state index is 0.567. The van der Waals surface area contributed by atoms with E-state index in [0.717, 1.165) is 0 Å². The van der Waals surface area contributed by atoms with E-state index in [9.17, 15) is 9.36 Å². The Labute approximate surface area is 155 Å². The highest BCUT2D eigenvalue weighted by atomic mass is 31.2. The Morgan fingerprint density at radius 2 is 1.19 bits per heavy atom. The van der Waals surface area contributed by atoms with Crippen LogP contribution in [0.2, 0.25) is 0 Å². The summed E-state index contributed by atoms with van der Waals surface area (Å²) in [5, 5.41) is 1.16. The molecule has 0 spiro atoms. The second kappa shape index (κ2) is 9.12. The van der Waals surface area contributed by atoms with Crippen molar-refractivity contribution in [3.05, 3.63) is 102 Å². The highest BCUT2D eigenvalue weighted by Crippen LogP contribution is 2.39. The first-order chi connectivity index (χ1) is 12.5. The Kier molecular flexibility index (Phi) is 6.89. The van der Waals surface area contributed by atoms with E-state index in [1.54, 1.807) is 48.5 Å². The van der Waals surface area contributed by atoms with Gasteiger partial charge in [-0.25, -0.2) is 0 Å². The van der Waals surface area contributed by atoms with Crippen molar-refractivity contribution in [2.75, 3.05) is 0 Å². The molecule has 0 heterocycles. The Morgan fingerprint density at radius 1 is 0.769 bits per heavy atom. The van der Waals surface area contributed by atoms with Crippen LogP contribution in [0.25, 0.3) is 6.08 Å². The minimum Gasteiger partial charge on any atom is -0.306 e. The van der Waals surface area contributed by atoms with Gasteiger partial charge < -0.3 is 4.57 Å². The van der Waals surface area contributed by atoms with Crippen LogP contribution < -0.4 is 10.6 Å². The van der Waals surface area contributed by atoms with E-state index < -0.39 is 7.14 Å². The smallest absolute Gasteiger partial charge is 0.201 e. The van der Waals surface area contributed by atoms with Crippen LogP contribution in [0.1, 0.15) is 16.7 Å². The molecule has 3 rings (SSSR count). The first-order valence-corrected chi connectivity index (χ1v) is 10.2. The molecule has 0 radical (unpaired) electrons. The van der Waals surface area contributed by atoms with E-state index in [1.807, 2.05) is 18.2 Å². The van der Waals surface area contributed by atoms with Gasteiger partial charge in [-0.1, -0.05) is 103 Å². The fourth-order valence-corrected chi connectivity index (χ4v) is 4.47. The van der Waals surface area contributed by atoms with Gasteiger partial charge >= 0.3 is 0 Å². The van der Waals surface area contributed by atoms with Gasteiger partial charge in [0.2, 0.25) is 7.14 Å². The normalized spacial score (nSPS) is 10.4. The quantitative estimate of drug-likeness (QED) is 0.476. The summed E-state index contributed by atoms with van der Waals surface area (Å²) in [6.45, 7) is 7.91. The van der Waals surface area contributed by atoms with Gasteiger partial charge in [-0.2, -0.15) is 0 Å². The van der Waals surface area contributed by atoms with E-state index >= 15 is 0 Å². The van der Waals surface area contributed by atoms with Gasteiger partial charge in [-0.15, -0.1) is 0 Å². The molecule has 132 valence electrons. The van der Waals surface area contributed by atoms with Gasteiger partial charge in [-0.05, 0) is 19.4 Å². The van der Waals surface area contributed by atoms with Crippen LogP contribution in [-0.4, -0.2) is 6.03 Å². The van der Waals surface area contributed by atoms with E-state index in [4.69, 9.17) is 0 Å². The summed E-state index contributed by atoms with van der Waals surface area (Å²) in [5.74, 6) is 0. The maximum atomic E-state index is 12.6. The highest BCUT2D eigenvalue weighted by Gasteiger charge is 2.25. The molecule has 0 saturated carbocycles. The predicted molar refractivity (Wildman–Crippen MR) is 113 cm³/mol. The summed E-state index contributed by atoms with van der Waals surface area (Å²) in [7, 11) is -3.09. The van der Waals surface area contributed by atoms with Gasteiger partial charge in [0.1, 0.15) is 0 Å². The van der Waals surface area contributed by atoms with Crippen LogP contribution in [0, 0.1) is 13.8 Å². The predicted octanol–water partition coefficient (Wildman–Crippen LogP) is 5.14. The van der Waals surface area contributed by atoms with Crippen LogP contribution in [0.15, 0.2) is 85.4 Å². The average molecular weight is 362 g/mol. The van der Waals surface area contributed by atoms with Gasteiger partial charge in [-0.3, -0.25) is 4.79 Å². The van der Waals surface area contributed by atoms with Crippen molar-refractivity contribution in [1.29, 1.82) is 0 Å². The number of rotatable bonds is 4. The van der Waals surface area contributed by atoms with Crippen molar-refractivity contribution in [2.24, 2.45) is 0 Å². The van der Waals surface area contributed by atoms with Crippen LogP contribution in [0.5, 0.6) is 0 Å². The van der Waals surface area contributed by atoms with E-state index in [2.05, 4.69) is 38.6 Å². The molecule has 0 bridgehead atoms. The molecule has 0 amide bonds. The maximum absolute atomic E-state index is 12.6. The molecular formula is C23H23O2P. The van der Waals surface area contributed by atoms with Crippen LogP contribution in [0.4, 0.5) is 0 Å². The molecule has 0 aliphatic carbocycles. The summed E-state index contributed by atoms with van der Waals surface area (Å²) in [4.78, 5) is 11.2. The van der Waals surface area contributed by atoms with Crippen molar-refractivity contribution >= 4 is 29.9 Å². The van der Waals surface area contributed by atoms with Crippen LogP contribution in [-0.2, 0) is 9.36 Å². The monoisotopic (exact) mass is 362 g/mol. The zero-order valence-corrected chi connectivity index (χ0v) is 16.0. The molecule has 0 aliphatic heterocycles. The fraction of sp³-hybridized carbons (Fsp3) is 0.0870. The summed E-state index contributed by atoms with van der Waals surface area (Å²) in [6, 6.07) is 24.7. The molecule has 0 atom stereocenters. The number of benzene rings is 3. The Morgan fingerprint density at radius 3 is 1.54 bits per heavy atom. The Balaban J connectivity index is 0.000000209.